The Labute approximate surface area is 168 Å². The molecule has 0 saturated carbocycles. The number of imidazole rings is 1. The van der Waals surface area contributed by atoms with Crippen LogP contribution in [0.15, 0.2) is 42.6 Å². The number of pyridine rings is 1. The molecule has 2 amide bonds. The molecule has 0 aliphatic heterocycles. The third kappa shape index (κ3) is 4.31. The van der Waals surface area contributed by atoms with Crippen LogP contribution in [0.4, 0.5) is 5.69 Å². The maximum atomic E-state index is 13.0. The van der Waals surface area contributed by atoms with Gasteiger partial charge in [0.15, 0.2) is 5.69 Å². The van der Waals surface area contributed by atoms with Gasteiger partial charge in [0.25, 0.3) is 11.8 Å². The van der Waals surface area contributed by atoms with Gasteiger partial charge in [0.1, 0.15) is 11.5 Å². The lowest BCUT2D eigenvalue weighted by Gasteiger charge is -2.19. The standard InChI is InChI=1S/C21H24N4O4/c1-21(2,3)24-20(27)18-23-17(15-8-6-7-11-25(15)18)19(26)22-14-12-13(28-4)9-10-16(14)29-5/h6-12H,1-5H3,(H,22,26)(H,24,27). The number of hydrogen-bond donors (Lipinski definition) is 2. The van der Waals surface area contributed by atoms with Gasteiger partial charge >= 0.3 is 0 Å². The third-order valence-electron chi connectivity index (χ3n) is 4.11. The predicted octanol–water partition coefficient (Wildman–Crippen LogP) is 3.13. The van der Waals surface area contributed by atoms with Crippen molar-refractivity contribution in [2.24, 2.45) is 0 Å². The first kappa shape index (κ1) is 20.2. The quantitative estimate of drug-likeness (QED) is 0.691. The van der Waals surface area contributed by atoms with E-state index in [2.05, 4.69) is 15.6 Å². The molecule has 0 radical (unpaired) electrons. The molecule has 0 fully saturated rings. The van der Waals surface area contributed by atoms with E-state index in [4.69, 9.17) is 9.47 Å². The zero-order chi connectivity index (χ0) is 21.2. The highest BCUT2D eigenvalue weighted by Gasteiger charge is 2.24. The van der Waals surface area contributed by atoms with Crippen LogP contribution in [-0.2, 0) is 0 Å². The van der Waals surface area contributed by atoms with Crippen LogP contribution in [0, 0.1) is 0 Å². The Balaban J connectivity index is 2.00. The molecule has 3 aromatic rings. The molecule has 2 N–H and O–H groups in total. The van der Waals surface area contributed by atoms with Crippen LogP contribution < -0.4 is 20.1 Å². The number of nitrogens with one attached hydrogen (secondary N) is 2. The highest BCUT2D eigenvalue weighted by atomic mass is 16.5. The number of carbonyl (C=O) groups is 2. The Morgan fingerprint density at radius 2 is 1.79 bits per heavy atom. The van der Waals surface area contributed by atoms with Crippen molar-refractivity contribution >= 4 is 23.0 Å². The number of nitrogens with zero attached hydrogens (tertiary/aromatic N) is 2. The molecule has 8 nitrogen and oxygen atoms in total. The zero-order valence-electron chi connectivity index (χ0n) is 17.1. The van der Waals surface area contributed by atoms with Crippen LogP contribution in [-0.4, -0.2) is 41.0 Å². The summed E-state index contributed by atoms with van der Waals surface area (Å²) in [4.78, 5) is 30.0. The van der Waals surface area contributed by atoms with Crippen molar-refractivity contribution in [2.75, 3.05) is 19.5 Å². The van der Waals surface area contributed by atoms with Crippen molar-refractivity contribution in [3.8, 4) is 11.5 Å². The minimum atomic E-state index is -0.463. The number of carbonyl (C=O) groups excluding carboxylic acids is 2. The van der Waals surface area contributed by atoms with Crippen molar-refractivity contribution in [3.05, 3.63) is 54.1 Å². The maximum absolute atomic E-state index is 13.0. The van der Waals surface area contributed by atoms with E-state index in [0.717, 1.165) is 0 Å². The first-order valence-corrected chi connectivity index (χ1v) is 9.06. The van der Waals surface area contributed by atoms with E-state index >= 15 is 0 Å². The number of ether oxygens (including phenoxy) is 2. The number of benzene rings is 1. The summed E-state index contributed by atoms with van der Waals surface area (Å²) in [5.41, 5.74) is 0.656. The average Bonchev–Trinajstić information content (AvgIpc) is 3.06. The van der Waals surface area contributed by atoms with Crippen LogP contribution in [0.1, 0.15) is 41.9 Å². The molecule has 0 unspecified atom stereocenters. The monoisotopic (exact) mass is 396 g/mol. The Bertz CT molecular complexity index is 1070. The molecule has 0 aliphatic rings. The fourth-order valence-electron chi connectivity index (χ4n) is 2.85. The van der Waals surface area contributed by atoms with Crippen molar-refractivity contribution in [3.63, 3.8) is 0 Å². The second-order valence-corrected chi connectivity index (χ2v) is 7.46. The highest BCUT2D eigenvalue weighted by molar-refractivity contribution is 6.09. The summed E-state index contributed by atoms with van der Waals surface area (Å²) < 4.78 is 12.1. The van der Waals surface area contributed by atoms with E-state index in [-0.39, 0.29) is 17.4 Å². The van der Waals surface area contributed by atoms with Gasteiger partial charge < -0.3 is 20.1 Å². The van der Waals surface area contributed by atoms with Gasteiger partial charge in [0, 0.05) is 17.8 Å². The summed E-state index contributed by atoms with van der Waals surface area (Å²) in [7, 11) is 3.05. The smallest absolute Gasteiger partial charge is 0.288 e. The Morgan fingerprint density at radius 3 is 2.45 bits per heavy atom. The normalized spacial score (nSPS) is 11.2. The van der Waals surface area contributed by atoms with Crippen molar-refractivity contribution in [2.45, 2.75) is 26.3 Å². The fourth-order valence-corrected chi connectivity index (χ4v) is 2.85. The molecule has 0 bridgehead atoms. The Kier molecular flexibility index (Phi) is 5.45. The number of methoxy groups -OCH3 is 2. The van der Waals surface area contributed by atoms with E-state index in [0.29, 0.717) is 22.7 Å². The summed E-state index contributed by atoms with van der Waals surface area (Å²) in [5.74, 6) is 0.361. The SMILES string of the molecule is COc1ccc(OC)c(NC(=O)c2nc(C(=O)NC(C)(C)C)n3ccccc23)c1. The number of hydrogen-bond acceptors (Lipinski definition) is 5. The van der Waals surface area contributed by atoms with E-state index in [9.17, 15) is 9.59 Å². The number of amides is 2. The summed E-state index contributed by atoms with van der Waals surface area (Å²) >= 11 is 0. The Hall–Kier alpha value is -3.55. The summed E-state index contributed by atoms with van der Waals surface area (Å²) in [6, 6.07) is 10.4. The molecule has 0 atom stereocenters. The summed E-state index contributed by atoms with van der Waals surface area (Å²) in [5, 5.41) is 5.67. The first-order valence-electron chi connectivity index (χ1n) is 9.06. The predicted molar refractivity (Wildman–Crippen MR) is 110 cm³/mol. The largest absolute Gasteiger partial charge is 0.497 e. The molecule has 152 valence electrons. The first-order chi connectivity index (χ1) is 13.7. The van der Waals surface area contributed by atoms with E-state index in [1.165, 1.54) is 14.2 Å². The zero-order valence-corrected chi connectivity index (χ0v) is 17.1. The lowest BCUT2D eigenvalue weighted by Crippen LogP contribution is -2.41. The van der Waals surface area contributed by atoms with Gasteiger partial charge in [-0.3, -0.25) is 14.0 Å². The van der Waals surface area contributed by atoms with Crippen molar-refractivity contribution in [1.82, 2.24) is 14.7 Å². The number of aromatic nitrogens is 2. The Morgan fingerprint density at radius 1 is 1.03 bits per heavy atom. The van der Waals surface area contributed by atoms with Crippen LogP contribution in [0.2, 0.25) is 0 Å². The van der Waals surface area contributed by atoms with Gasteiger partial charge in [0.05, 0.1) is 25.4 Å². The maximum Gasteiger partial charge on any atom is 0.288 e. The summed E-state index contributed by atoms with van der Waals surface area (Å²) in [6.45, 7) is 5.64. The molecular formula is C21H24N4O4. The van der Waals surface area contributed by atoms with Crippen LogP contribution in [0.5, 0.6) is 11.5 Å². The molecule has 0 saturated heterocycles. The highest BCUT2D eigenvalue weighted by Crippen LogP contribution is 2.29. The van der Waals surface area contributed by atoms with Crippen LogP contribution in [0.25, 0.3) is 5.52 Å². The van der Waals surface area contributed by atoms with Gasteiger partial charge in [-0.1, -0.05) is 6.07 Å². The molecular weight excluding hydrogens is 372 g/mol. The number of fused-ring (bicyclic) bond motifs is 1. The van der Waals surface area contributed by atoms with Gasteiger partial charge in [0.2, 0.25) is 5.82 Å². The molecule has 0 aliphatic carbocycles. The van der Waals surface area contributed by atoms with Gasteiger partial charge in [-0.15, -0.1) is 0 Å². The number of anilines is 1. The second-order valence-electron chi connectivity index (χ2n) is 7.46. The van der Waals surface area contributed by atoms with E-state index < -0.39 is 11.4 Å². The topological polar surface area (TPSA) is 94.0 Å². The minimum Gasteiger partial charge on any atom is -0.497 e. The molecule has 2 aromatic heterocycles. The molecule has 3 rings (SSSR count). The lowest BCUT2D eigenvalue weighted by atomic mass is 10.1. The average molecular weight is 396 g/mol. The lowest BCUT2D eigenvalue weighted by molar-refractivity contribution is 0.0908. The second kappa shape index (κ2) is 7.83. The summed E-state index contributed by atoms with van der Waals surface area (Å²) in [6.07, 6.45) is 1.70. The van der Waals surface area contributed by atoms with Gasteiger partial charge in [-0.05, 0) is 45.0 Å². The van der Waals surface area contributed by atoms with Crippen molar-refractivity contribution in [1.29, 1.82) is 0 Å². The number of rotatable bonds is 5. The molecule has 29 heavy (non-hydrogen) atoms. The molecule has 2 heterocycles. The van der Waals surface area contributed by atoms with E-state index in [1.54, 1.807) is 47.0 Å². The van der Waals surface area contributed by atoms with Gasteiger partial charge in [-0.2, -0.15) is 0 Å². The fraction of sp³-hybridized carbons (Fsp3) is 0.286. The van der Waals surface area contributed by atoms with Crippen LogP contribution in [0.3, 0.4) is 0 Å². The van der Waals surface area contributed by atoms with E-state index in [1.807, 2.05) is 20.8 Å². The van der Waals surface area contributed by atoms with Crippen LogP contribution >= 0.6 is 0 Å². The third-order valence-corrected chi connectivity index (χ3v) is 4.11. The molecule has 8 heteroatoms. The minimum absolute atomic E-state index is 0.134. The van der Waals surface area contributed by atoms with Crippen molar-refractivity contribution < 1.29 is 19.1 Å². The molecule has 1 aromatic carbocycles. The van der Waals surface area contributed by atoms with Gasteiger partial charge in [-0.25, -0.2) is 4.98 Å². The molecule has 0 spiro atoms.